The molecule has 1 aliphatic rings. The zero-order valence-electron chi connectivity index (χ0n) is 4.29. The standard InChI is InChI=1S/C3H6O4S/c1-3(2-7-3)8(4,5)6/h2H2,1H3,(H,4,5,6). The second-order valence-electron chi connectivity index (χ2n) is 1.90. The lowest BCUT2D eigenvalue weighted by molar-refractivity contribution is 0.357. The van der Waals surface area contributed by atoms with Crippen LogP contribution in [0.3, 0.4) is 0 Å². The van der Waals surface area contributed by atoms with Crippen molar-refractivity contribution in [3.05, 3.63) is 0 Å². The topological polar surface area (TPSA) is 66.9 Å². The van der Waals surface area contributed by atoms with Gasteiger partial charge in [0.25, 0.3) is 10.1 Å². The first-order valence-electron chi connectivity index (χ1n) is 2.07. The fourth-order valence-electron chi connectivity index (χ4n) is 0.251. The van der Waals surface area contributed by atoms with Crippen LogP contribution in [0.2, 0.25) is 0 Å². The van der Waals surface area contributed by atoms with Gasteiger partial charge in [-0.15, -0.1) is 0 Å². The van der Waals surface area contributed by atoms with Crippen LogP contribution in [0, 0.1) is 0 Å². The van der Waals surface area contributed by atoms with Crippen molar-refractivity contribution in [2.75, 3.05) is 6.61 Å². The molecule has 1 aliphatic heterocycles. The van der Waals surface area contributed by atoms with E-state index in [2.05, 4.69) is 4.74 Å². The Morgan fingerprint density at radius 3 is 2.12 bits per heavy atom. The highest BCUT2D eigenvalue weighted by atomic mass is 32.2. The molecule has 5 heteroatoms. The van der Waals surface area contributed by atoms with Crippen molar-refractivity contribution in [3.63, 3.8) is 0 Å². The third-order valence-electron chi connectivity index (χ3n) is 1.10. The first kappa shape index (κ1) is 6.00. The molecule has 0 aromatic heterocycles. The molecule has 0 spiro atoms. The maximum atomic E-state index is 10.1. The normalized spacial score (nSPS) is 37.2. The monoisotopic (exact) mass is 138 g/mol. The number of hydrogen-bond acceptors (Lipinski definition) is 3. The van der Waals surface area contributed by atoms with Crippen molar-refractivity contribution in [3.8, 4) is 0 Å². The summed E-state index contributed by atoms with van der Waals surface area (Å²) in [7, 11) is -3.95. The largest absolute Gasteiger partial charge is 0.351 e. The van der Waals surface area contributed by atoms with Crippen molar-refractivity contribution in [1.29, 1.82) is 0 Å². The lowest BCUT2D eigenvalue weighted by atomic mass is 10.6. The van der Waals surface area contributed by atoms with Gasteiger partial charge in [0.2, 0.25) is 4.93 Å². The van der Waals surface area contributed by atoms with Crippen LogP contribution in [0.1, 0.15) is 6.92 Å². The third-order valence-corrected chi connectivity index (χ3v) is 2.42. The highest BCUT2D eigenvalue weighted by molar-refractivity contribution is 7.87. The molecule has 0 aromatic carbocycles. The number of epoxide rings is 1. The van der Waals surface area contributed by atoms with Gasteiger partial charge >= 0.3 is 0 Å². The van der Waals surface area contributed by atoms with E-state index >= 15 is 0 Å². The zero-order chi connectivity index (χ0) is 6.41. The Kier molecular flexibility index (Phi) is 0.922. The highest BCUT2D eigenvalue weighted by Crippen LogP contribution is 2.30. The van der Waals surface area contributed by atoms with Crippen molar-refractivity contribution >= 4 is 10.1 Å². The van der Waals surface area contributed by atoms with Gasteiger partial charge in [-0.3, -0.25) is 4.55 Å². The molecule has 1 rings (SSSR count). The molecule has 8 heavy (non-hydrogen) atoms. The van der Waals surface area contributed by atoms with E-state index in [1.807, 2.05) is 0 Å². The molecule has 0 amide bonds. The van der Waals surface area contributed by atoms with Gasteiger partial charge in [0.05, 0.1) is 6.61 Å². The minimum Gasteiger partial charge on any atom is -0.351 e. The molecule has 1 N–H and O–H groups in total. The Balaban J connectivity index is 2.90. The third kappa shape index (κ3) is 0.724. The molecular weight excluding hydrogens is 132 g/mol. The second kappa shape index (κ2) is 1.23. The van der Waals surface area contributed by atoms with E-state index in [4.69, 9.17) is 4.55 Å². The van der Waals surface area contributed by atoms with Crippen LogP contribution >= 0.6 is 0 Å². The van der Waals surface area contributed by atoms with Crippen molar-refractivity contribution in [1.82, 2.24) is 0 Å². The van der Waals surface area contributed by atoms with Gasteiger partial charge in [-0.25, -0.2) is 0 Å². The zero-order valence-corrected chi connectivity index (χ0v) is 5.10. The smallest absolute Gasteiger partial charge is 0.297 e. The van der Waals surface area contributed by atoms with Gasteiger partial charge in [0.15, 0.2) is 0 Å². The summed E-state index contributed by atoms with van der Waals surface area (Å²) in [6.07, 6.45) is 0. The molecule has 0 radical (unpaired) electrons. The second-order valence-corrected chi connectivity index (χ2v) is 3.71. The predicted octanol–water partition coefficient (Wildman–Crippen LogP) is -0.379. The number of ether oxygens (including phenoxy) is 1. The van der Waals surface area contributed by atoms with E-state index in [0.717, 1.165) is 0 Å². The van der Waals surface area contributed by atoms with Gasteiger partial charge in [0, 0.05) is 0 Å². The maximum Gasteiger partial charge on any atom is 0.297 e. The van der Waals surface area contributed by atoms with E-state index in [-0.39, 0.29) is 6.61 Å². The van der Waals surface area contributed by atoms with E-state index in [0.29, 0.717) is 0 Å². The van der Waals surface area contributed by atoms with Crippen LogP contribution in [0.15, 0.2) is 0 Å². The molecule has 0 aromatic rings. The first-order chi connectivity index (χ1) is 3.46. The van der Waals surface area contributed by atoms with Gasteiger partial charge in [0.1, 0.15) is 0 Å². The quantitative estimate of drug-likeness (QED) is 0.396. The van der Waals surface area contributed by atoms with E-state index in [1.165, 1.54) is 6.92 Å². The van der Waals surface area contributed by atoms with Crippen molar-refractivity contribution < 1.29 is 17.7 Å². The van der Waals surface area contributed by atoms with Crippen LogP contribution < -0.4 is 0 Å². The fraction of sp³-hybridized carbons (Fsp3) is 1.00. The van der Waals surface area contributed by atoms with E-state index < -0.39 is 15.1 Å². The molecule has 1 atom stereocenters. The Morgan fingerprint density at radius 2 is 2.12 bits per heavy atom. The summed E-state index contributed by atoms with van der Waals surface area (Å²) in [5.74, 6) is 0. The summed E-state index contributed by atoms with van der Waals surface area (Å²) < 4.78 is 33.0. The Labute approximate surface area is 47.2 Å². The van der Waals surface area contributed by atoms with Crippen molar-refractivity contribution in [2.45, 2.75) is 11.9 Å². The molecule has 1 heterocycles. The van der Waals surface area contributed by atoms with Gasteiger partial charge < -0.3 is 4.74 Å². The number of hydrogen-bond donors (Lipinski definition) is 1. The van der Waals surface area contributed by atoms with Gasteiger partial charge in [-0.05, 0) is 6.92 Å². The van der Waals surface area contributed by atoms with Crippen LogP contribution in [-0.4, -0.2) is 24.5 Å². The summed E-state index contributed by atoms with van der Waals surface area (Å²) in [5, 5.41) is 0. The van der Waals surface area contributed by atoms with Gasteiger partial charge in [-0.2, -0.15) is 8.42 Å². The molecule has 4 nitrogen and oxygen atoms in total. The average Bonchev–Trinajstić information content (AvgIpc) is 2.16. The summed E-state index contributed by atoms with van der Waals surface area (Å²) in [6, 6.07) is 0. The summed E-state index contributed by atoms with van der Waals surface area (Å²) in [4.78, 5) is -1.28. The average molecular weight is 138 g/mol. The lowest BCUT2D eigenvalue weighted by Crippen LogP contribution is -2.19. The Hall–Kier alpha value is -0.130. The molecule has 48 valence electrons. The maximum absolute atomic E-state index is 10.1. The Bertz CT molecular complexity index is 187. The lowest BCUT2D eigenvalue weighted by Gasteiger charge is -1.95. The first-order valence-corrected chi connectivity index (χ1v) is 3.51. The van der Waals surface area contributed by atoms with Crippen LogP contribution in [0.25, 0.3) is 0 Å². The molecule has 0 saturated carbocycles. The fourth-order valence-corrected chi connectivity index (χ4v) is 0.607. The molecule has 1 fully saturated rings. The minimum absolute atomic E-state index is 0.103. The predicted molar refractivity (Wildman–Crippen MR) is 25.9 cm³/mol. The summed E-state index contributed by atoms with van der Waals surface area (Å²) in [6.45, 7) is 1.42. The Morgan fingerprint density at radius 1 is 1.75 bits per heavy atom. The molecule has 0 bridgehead atoms. The van der Waals surface area contributed by atoms with E-state index in [1.54, 1.807) is 0 Å². The molecular formula is C3H6O4S. The molecule has 1 unspecified atom stereocenters. The highest BCUT2D eigenvalue weighted by Gasteiger charge is 2.51. The van der Waals surface area contributed by atoms with Crippen molar-refractivity contribution in [2.24, 2.45) is 0 Å². The molecule has 1 saturated heterocycles. The summed E-state index contributed by atoms with van der Waals surface area (Å²) >= 11 is 0. The van der Waals surface area contributed by atoms with Crippen LogP contribution in [0.4, 0.5) is 0 Å². The minimum atomic E-state index is -3.95. The van der Waals surface area contributed by atoms with Crippen LogP contribution in [-0.2, 0) is 14.9 Å². The number of rotatable bonds is 1. The van der Waals surface area contributed by atoms with E-state index in [9.17, 15) is 8.42 Å². The van der Waals surface area contributed by atoms with Gasteiger partial charge in [-0.1, -0.05) is 0 Å². The molecule has 0 aliphatic carbocycles. The SMILES string of the molecule is CC1(S(=O)(=O)O)CO1. The van der Waals surface area contributed by atoms with Crippen LogP contribution in [0.5, 0.6) is 0 Å². The summed E-state index contributed by atoms with van der Waals surface area (Å²) in [5.41, 5.74) is 0.